The van der Waals surface area contributed by atoms with Crippen molar-refractivity contribution in [2.45, 2.75) is 36.7 Å². The average Bonchev–Trinajstić information content (AvgIpc) is 2.79. The van der Waals surface area contributed by atoms with Crippen LogP contribution in [0.2, 0.25) is 0 Å². The van der Waals surface area contributed by atoms with E-state index in [1.165, 1.54) is 0 Å². The van der Waals surface area contributed by atoms with Crippen LogP contribution in [0.15, 0.2) is 34.6 Å². The smallest absolute Gasteiger partial charge is 0.225 e. The molecule has 2 aliphatic heterocycles. The van der Waals surface area contributed by atoms with E-state index in [-0.39, 0.29) is 11.8 Å². The molecule has 12 heteroatoms. The number of nitrogens with zero attached hydrogens (tertiary/aromatic N) is 5. The second-order valence-electron chi connectivity index (χ2n) is 8.14. The summed E-state index contributed by atoms with van der Waals surface area (Å²) in [5.41, 5.74) is 0.938. The Morgan fingerprint density at radius 3 is 2.27 bits per heavy atom. The van der Waals surface area contributed by atoms with Crippen molar-refractivity contribution in [3.8, 4) is 0 Å². The third-order valence-corrected chi connectivity index (χ3v) is 7.41. The zero-order valence-electron chi connectivity index (χ0n) is 18.0. The summed E-state index contributed by atoms with van der Waals surface area (Å²) >= 11 is 2.18. The van der Waals surface area contributed by atoms with E-state index < -0.39 is 26.4 Å². The number of rotatable bonds is 5. The van der Waals surface area contributed by atoms with Gasteiger partial charge in [-0.3, -0.25) is 0 Å². The van der Waals surface area contributed by atoms with Crippen LogP contribution in [-0.4, -0.2) is 62.6 Å². The molecule has 0 spiro atoms. The highest BCUT2D eigenvalue weighted by Crippen LogP contribution is 2.28. The van der Waals surface area contributed by atoms with Crippen molar-refractivity contribution < 1.29 is 22.0 Å². The third-order valence-electron chi connectivity index (χ3n) is 5.74. The number of anilines is 2. The molecule has 0 atom stereocenters. The molecular formula is C21H24F2IN5O3S. The molecule has 0 N–H and O–H groups in total. The molecule has 8 nitrogen and oxygen atoms in total. The van der Waals surface area contributed by atoms with Gasteiger partial charge in [0.1, 0.15) is 22.6 Å². The van der Waals surface area contributed by atoms with Crippen LogP contribution in [0.25, 0.3) is 0 Å². The van der Waals surface area contributed by atoms with Gasteiger partial charge in [0.15, 0.2) is 9.84 Å². The predicted molar refractivity (Wildman–Crippen MR) is 129 cm³/mol. The maximum atomic E-state index is 14.5. The van der Waals surface area contributed by atoms with Gasteiger partial charge in [0.05, 0.1) is 11.4 Å². The van der Waals surface area contributed by atoms with Gasteiger partial charge >= 0.3 is 0 Å². The molecule has 2 aromatic rings. The van der Waals surface area contributed by atoms with Gasteiger partial charge in [-0.15, -0.1) is 0 Å². The molecule has 33 heavy (non-hydrogen) atoms. The maximum Gasteiger partial charge on any atom is 0.225 e. The average molecular weight is 591 g/mol. The summed E-state index contributed by atoms with van der Waals surface area (Å²) in [7, 11) is -3.83. The van der Waals surface area contributed by atoms with Crippen molar-refractivity contribution in [1.29, 1.82) is 0 Å². The number of piperidine rings is 2. The molecule has 1 aromatic carbocycles. The second kappa shape index (κ2) is 10.0. The van der Waals surface area contributed by atoms with E-state index in [2.05, 4.69) is 42.6 Å². The van der Waals surface area contributed by atoms with Crippen molar-refractivity contribution in [2.24, 2.45) is 5.16 Å². The predicted octanol–water partition coefficient (Wildman–Crippen LogP) is 3.40. The van der Waals surface area contributed by atoms with Crippen LogP contribution < -0.4 is 9.80 Å². The first-order valence-corrected chi connectivity index (χ1v) is 13.6. The first-order valence-electron chi connectivity index (χ1n) is 10.6. The van der Waals surface area contributed by atoms with E-state index in [0.29, 0.717) is 25.9 Å². The molecule has 2 aliphatic rings. The summed E-state index contributed by atoms with van der Waals surface area (Å²) in [5, 5.41) is 4.32. The molecule has 178 valence electrons. The first kappa shape index (κ1) is 24.0. The zero-order chi connectivity index (χ0) is 23.6. The Bertz CT molecular complexity index is 1130. The summed E-state index contributed by atoms with van der Waals surface area (Å²) in [6.45, 7) is 2.47. The van der Waals surface area contributed by atoms with Gasteiger partial charge in [0.25, 0.3) is 0 Å². The lowest BCUT2D eigenvalue weighted by molar-refractivity contribution is 0.0409. The van der Waals surface area contributed by atoms with Crippen molar-refractivity contribution >= 4 is 49.8 Å². The molecule has 4 rings (SSSR count). The van der Waals surface area contributed by atoms with Crippen molar-refractivity contribution in [1.82, 2.24) is 9.97 Å². The standard InChI is InChI=1S/C21H24F2IN5O3S/c1-33(30,31)20-11-17(22)19(10-18(20)23)28-6-2-15(3-7-28)27-32-16-4-8-29(9-5-16)21-25-12-14(24)13-26-21/h10-13,16H,2-9H2,1H3. The number of aromatic nitrogens is 2. The highest BCUT2D eigenvalue weighted by molar-refractivity contribution is 14.1. The first-order chi connectivity index (χ1) is 15.7. The Labute approximate surface area is 205 Å². The van der Waals surface area contributed by atoms with E-state index in [0.717, 1.165) is 59.5 Å². The highest BCUT2D eigenvalue weighted by atomic mass is 127. The van der Waals surface area contributed by atoms with Crippen LogP contribution >= 0.6 is 22.6 Å². The number of benzene rings is 1. The van der Waals surface area contributed by atoms with Crippen molar-refractivity contribution in [3.05, 3.63) is 39.7 Å². The SMILES string of the molecule is CS(=O)(=O)c1cc(F)c(N2CCC(=NOC3CCN(c4ncc(I)cn4)CC3)CC2)cc1F. The second-order valence-corrected chi connectivity index (χ2v) is 11.4. The lowest BCUT2D eigenvalue weighted by Crippen LogP contribution is -2.38. The van der Waals surface area contributed by atoms with E-state index >= 15 is 0 Å². The van der Waals surface area contributed by atoms with Crippen LogP contribution in [0.3, 0.4) is 0 Å². The molecule has 2 saturated heterocycles. The van der Waals surface area contributed by atoms with Gasteiger partial charge in [-0.2, -0.15) is 0 Å². The number of oxime groups is 1. The van der Waals surface area contributed by atoms with Gasteiger partial charge in [0, 0.05) is 80.1 Å². The minimum atomic E-state index is -3.83. The zero-order valence-corrected chi connectivity index (χ0v) is 21.0. The minimum absolute atomic E-state index is 0.0192. The van der Waals surface area contributed by atoms with Crippen LogP contribution in [0.5, 0.6) is 0 Å². The van der Waals surface area contributed by atoms with Crippen LogP contribution in [0.4, 0.5) is 20.4 Å². The molecule has 0 amide bonds. The summed E-state index contributed by atoms with van der Waals surface area (Å²) in [6, 6.07) is 1.70. The molecule has 3 heterocycles. The molecule has 0 saturated carbocycles. The molecule has 0 aliphatic carbocycles. The number of hydrogen-bond acceptors (Lipinski definition) is 8. The minimum Gasteiger partial charge on any atom is -0.392 e. The van der Waals surface area contributed by atoms with Crippen LogP contribution in [0.1, 0.15) is 25.7 Å². The topological polar surface area (TPSA) is 88.0 Å². The number of sulfone groups is 1. The Kier molecular flexibility index (Phi) is 7.31. The lowest BCUT2D eigenvalue weighted by atomic mass is 10.1. The van der Waals surface area contributed by atoms with E-state index in [4.69, 9.17) is 4.84 Å². The molecule has 0 unspecified atom stereocenters. The summed E-state index contributed by atoms with van der Waals surface area (Å²) < 4.78 is 52.8. The number of halogens is 3. The fourth-order valence-corrected chi connectivity index (χ4v) is 4.93. The Hall–Kier alpha value is -2.09. The Morgan fingerprint density at radius 1 is 1.03 bits per heavy atom. The van der Waals surface area contributed by atoms with Crippen molar-refractivity contribution in [2.75, 3.05) is 42.2 Å². The summed E-state index contributed by atoms with van der Waals surface area (Å²) in [4.78, 5) is 17.7. The quantitative estimate of drug-likeness (QED) is 0.389. The molecule has 2 fully saturated rings. The van der Waals surface area contributed by atoms with Crippen LogP contribution in [0, 0.1) is 15.2 Å². The van der Waals surface area contributed by atoms with E-state index in [9.17, 15) is 17.2 Å². The Morgan fingerprint density at radius 2 is 1.67 bits per heavy atom. The number of hydrogen-bond donors (Lipinski definition) is 0. The van der Waals surface area contributed by atoms with Gasteiger partial charge in [-0.1, -0.05) is 5.16 Å². The monoisotopic (exact) mass is 591 g/mol. The Balaban J connectivity index is 1.29. The third kappa shape index (κ3) is 5.89. The van der Waals surface area contributed by atoms with Gasteiger partial charge < -0.3 is 14.6 Å². The normalized spacial score (nSPS) is 17.9. The lowest BCUT2D eigenvalue weighted by Gasteiger charge is -2.32. The molecule has 1 aromatic heterocycles. The molecule has 0 bridgehead atoms. The van der Waals surface area contributed by atoms with E-state index in [1.807, 2.05) is 0 Å². The maximum absolute atomic E-state index is 14.5. The fraction of sp³-hybridized carbons (Fsp3) is 0.476. The van der Waals surface area contributed by atoms with Gasteiger partial charge in [-0.25, -0.2) is 27.2 Å². The van der Waals surface area contributed by atoms with Gasteiger partial charge in [0.2, 0.25) is 5.95 Å². The van der Waals surface area contributed by atoms with Crippen molar-refractivity contribution in [3.63, 3.8) is 0 Å². The highest BCUT2D eigenvalue weighted by Gasteiger charge is 2.25. The molecule has 0 radical (unpaired) electrons. The van der Waals surface area contributed by atoms with E-state index in [1.54, 1.807) is 17.3 Å². The molecular weight excluding hydrogens is 567 g/mol. The largest absolute Gasteiger partial charge is 0.392 e. The van der Waals surface area contributed by atoms with Gasteiger partial charge in [-0.05, 0) is 28.7 Å². The van der Waals surface area contributed by atoms with Crippen LogP contribution in [-0.2, 0) is 14.7 Å². The fourth-order valence-electron chi connectivity index (χ4n) is 3.92. The summed E-state index contributed by atoms with van der Waals surface area (Å²) in [6.07, 6.45) is 7.22. The summed E-state index contributed by atoms with van der Waals surface area (Å²) in [5.74, 6) is -0.975.